The van der Waals surface area contributed by atoms with E-state index in [1.165, 1.54) is 5.56 Å². The highest BCUT2D eigenvalue weighted by atomic mass is 16.6. The molecule has 5 heteroatoms. The van der Waals surface area contributed by atoms with Crippen molar-refractivity contribution >= 4 is 11.9 Å². The van der Waals surface area contributed by atoms with E-state index >= 15 is 0 Å². The lowest BCUT2D eigenvalue weighted by atomic mass is 10.2. The van der Waals surface area contributed by atoms with Gasteiger partial charge in [-0.3, -0.25) is 4.79 Å². The van der Waals surface area contributed by atoms with Crippen LogP contribution in [0.15, 0.2) is 24.3 Å². The van der Waals surface area contributed by atoms with Crippen LogP contribution >= 0.6 is 0 Å². The number of aryl methyl sites for hydroxylation is 1. The minimum Gasteiger partial charge on any atom is -0.482 e. The molecule has 0 radical (unpaired) electrons. The normalized spacial score (nSPS) is 15.1. The minimum absolute atomic E-state index is 0.202. The summed E-state index contributed by atoms with van der Waals surface area (Å²) < 4.78 is 10.4. The van der Waals surface area contributed by atoms with Gasteiger partial charge < -0.3 is 14.8 Å². The standard InChI is InChI=1S/C16H21NO4/c1-3-12-4-8-14(9-5-12)20-10-15(18)21-11(2)16(19)17-13-6-7-13/h4-5,8-9,11,13H,3,6-7,10H2,1-2H3,(H,17,19)/t11-/m1/s1. The SMILES string of the molecule is CCc1ccc(OCC(=O)O[C@H](C)C(=O)NC2CC2)cc1. The zero-order valence-electron chi connectivity index (χ0n) is 12.4. The molecule has 21 heavy (non-hydrogen) atoms. The number of hydrogen-bond acceptors (Lipinski definition) is 4. The van der Waals surface area contributed by atoms with Crippen molar-refractivity contribution in [1.82, 2.24) is 5.32 Å². The molecule has 0 spiro atoms. The predicted octanol–water partition coefficient (Wildman–Crippen LogP) is 1.84. The van der Waals surface area contributed by atoms with Gasteiger partial charge in [0.15, 0.2) is 12.7 Å². The molecule has 0 aliphatic heterocycles. The van der Waals surface area contributed by atoms with Gasteiger partial charge in [-0.05, 0) is 43.9 Å². The summed E-state index contributed by atoms with van der Waals surface area (Å²) in [6.07, 6.45) is 2.17. The smallest absolute Gasteiger partial charge is 0.344 e. The largest absolute Gasteiger partial charge is 0.482 e. The van der Waals surface area contributed by atoms with E-state index in [1.807, 2.05) is 24.3 Å². The Morgan fingerprint density at radius 3 is 2.52 bits per heavy atom. The number of carbonyl (C=O) groups excluding carboxylic acids is 2. The molecule has 1 aromatic rings. The molecule has 0 aromatic heterocycles. The average molecular weight is 291 g/mol. The first kappa shape index (κ1) is 15.4. The fourth-order valence-electron chi connectivity index (χ4n) is 1.79. The molecular weight excluding hydrogens is 270 g/mol. The number of carbonyl (C=O) groups is 2. The molecule has 1 atom stereocenters. The monoisotopic (exact) mass is 291 g/mol. The Hall–Kier alpha value is -2.04. The maximum absolute atomic E-state index is 11.6. The molecule has 1 aromatic carbocycles. The third-order valence-corrected chi connectivity index (χ3v) is 3.29. The van der Waals surface area contributed by atoms with Gasteiger partial charge in [0.2, 0.25) is 0 Å². The number of hydrogen-bond donors (Lipinski definition) is 1. The summed E-state index contributed by atoms with van der Waals surface area (Å²) in [6, 6.07) is 7.79. The van der Waals surface area contributed by atoms with Gasteiger partial charge in [0.05, 0.1) is 0 Å². The summed E-state index contributed by atoms with van der Waals surface area (Å²) >= 11 is 0. The van der Waals surface area contributed by atoms with Gasteiger partial charge in [-0.15, -0.1) is 0 Å². The Labute approximate surface area is 124 Å². The molecule has 1 amide bonds. The summed E-state index contributed by atoms with van der Waals surface area (Å²) in [6.45, 7) is 3.43. The van der Waals surface area contributed by atoms with Gasteiger partial charge >= 0.3 is 5.97 Å². The summed E-state index contributed by atoms with van der Waals surface area (Å²) in [5.41, 5.74) is 1.20. The minimum atomic E-state index is -0.788. The van der Waals surface area contributed by atoms with Gasteiger partial charge in [0, 0.05) is 6.04 Å². The fourth-order valence-corrected chi connectivity index (χ4v) is 1.79. The van der Waals surface area contributed by atoms with Crippen molar-refractivity contribution in [3.8, 4) is 5.75 Å². The van der Waals surface area contributed by atoms with Crippen LogP contribution in [0.5, 0.6) is 5.75 Å². The summed E-state index contributed by atoms with van der Waals surface area (Å²) in [4.78, 5) is 23.3. The molecule has 0 bridgehead atoms. The molecule has 1 aliphatic carbocycles. The third kappa shape index (κ3) is 5.10. The van der Waals surface area contributed by atoms with Gasteiger partial charge in [-0.25, -0.2) is 4.79 Å². The molecule has 1 fully saturated rings. The first-order valence-corrected chi connectivity index (χ1v) is 7.30. The zero-order chi connectivity index (χ0) is 15.2. The number of benzene rings is 1. The first-order chi connectivity index (χ1) is 10.1. The number of ether oxygens (including phenoxy) is 2. The van der Waals surface area contributed by atoms with Crippen molar-refractivity contribution < 1.29 is 19.1 Å². The van der Waals surface area contributed by atoms with E-state index in [4.69, 9.17) is 9.47 Å². The van der Waals surface area contributed by atoms with Crippen LogP contribution in [0.4, 0.5) is 0 Å². The lowest BCUT2D eigenvalue weighted by molar-refractivity contribution is -0.156. The molecule has 1 aliphatic rings. The van der Waals surface area contributed by atoms with Crippen molar-refractivity contribution in [3.05, 3.63) is 29.8 Å². The topological polar surface area (TPSA) is 64.6 Å². The molecule has 0 saturated heterocycles. The highest BCUT2D eigenvalue weighted by Gasteiger charge is 2.27. The van der Waals surface area contributed by atoms with Crippen LogP contribution in [0.25, 0.3) is 0 Å². The van der Waals surface area contributed by atoms with Gasteiger partial charge in [-0.1, -0.05) is 19.1 Å². The van der Waals surface area contributed by atoms with E-state index in [1.54, 1.807) is 6.92 Å². The van der Waals surface area contributed by atoms with Crippen LogP contribution in [0.2, 0.25) is 0 Å². The highest BCUT2D eigenvalue weighted by Crippen LogP contribution is 2.18. The fraction of sp³-hybridized carbons (Fsp3) is 0.500. The maximum Gasteiger partial charge on any atom is 0.344 e. The lowest BCUT2D eigenvalue weighted by Gasteiger charge is -2.13. The van der Waals surface area contributed by atoms with Crippen LogP contribution in [-0.4, -0.2) is 30.6 Å². The molecule has 1 saturated carbocycles. The molecule has 5 nitrogen and oxygen atoms in total. The average Bonchev–Trinajstić information content (AvgIpc) is 3.29. The van der Waals surface area contributed by atoms with E-state index < -0.39 is 12.1 Å². The summed E-state index contributed by atoms with van der Waals surface area (Å²) in [5.74, 6) is -0.189. The van der Waals surface area contributed by atoms with E-state index in [0.717, 1.165) is 19.3 Å². The maximum atomic E-state index is 11.6. The zero-order valence-corrected chi connectivity index (χ0v) is 12.4. The van der Waals surface area contributed by atoms with Crippen molar-refractivity contribution in [1.29, 1.82) is 0 Å². The first-order valence-electron chi connectivity index (χ1n) is 7.30. The molecule has 1 N–H and O–H groups in total. The Kier molecular flexibility index (Phi) is 5.20. The molecular formula is C16H21NO4. The second kappa shape index (κ2) is 7.11. The van der Waals surface area contributed by atoms with E-state index in [-0.39, 0.29) is 18.6 Å². The number of rotatable bonds is 7. The van der Waals surface area contributed by atoms with Crippen LogP contribution in [0, 0.1) is 0 Å². The van der Waals surface area contributed by atoms with E-state index in [0.29, 0.717) is 5.75 Å². The Balaban J connectivity index is 1.71. The summed E-state index contributed by atoms with van der Waals surface area (Å²) in [7, 11) is 0. The summed E-state index contributed by atoms with van der Waals surface area (Å²) in [5, 5.41) is 2.79. The van der Waals surface area contributed by atoms with Crippen LogP contribution in [-0.2, 0) is 20.7 Å². The van der Waals surface area contributed by atoms with Crippen molar-refractivity contribution in [2.24, 2.45) is 0 Å². The highest BCUT2D eigenvalue weighted by molar-refractivity contribution is 5.84. The predicted molar refractivity (Wildman–Crippen MR) is 78.0 cm³/mol. The quantitative estimate of drug-likeness (QED) is 0.779. The Morgan fingerprint density at radius 2 is 1.95 bits per heavy atom. The number of esters is 1. The Bertz CT molecular complexity index is 494. The van der Waals surface area contributed by atoms with Crippen molar-refractivity contribution in [2.45, 2.75) is 45.3 Å². The number of amides is 1. The molecule has 0 heterocycles. The van der Waals surface area contributed by atoms with E-state index in [9.17, 15) is 9.59 Å². The van der Waals surface area contributed by atoms with Crippen LogP contribution in [0.3, 0.4) is 0 Å². The van der Waals surface area contributed by atoms with Gasteiger partial charge in [-0.2, -0.15) is 0 Å². The van der Waals surface area contributed by atoms with Crippen molar-refractivity contribution in [2.75, 3.05) is 6.61 Å². The molecule has 114 valence electrons. The van der Waals surface area contributed by atoms with Gasteiger partial charge in [0.1, 0.15) is 5.75 Å². The second-order valence-electron chi connectivity index (χ2n) is 5.20. The van der Waals surface area contributed by atoms with Crippen molar-refractivity contribution in [3.63, 3.8) is 0 Å². The second-order valence-corrected chi connectivity index (χ2v) is 5.20. The lowest BCUT2D eigenvalue weighted by Crippen LogP contribution is -2.37. The molecule has 0 unspecified atom stereocenters. The third-order valence-electron chi connectivity index (χ3n) is 3.29. The van der Waals surface area contributed by atoms with Crippen LogP contribution in [0.1, 0.15) is 32.3 Å². The Morgan fingerprint density at radius 1 is 1.29 bits per heavy atom. The molecule has 2 rings (SSSR count). The van der Waals surface area contributed by atoms with E-state index in [2.05, 4.69) is 12.2 Å². The van der Waals surface area contributed by atoms with Gasteiger partial charge in [0.25, 0.3) is 5.91 Å². The number of nitrogens with one attached hydrogen (secondary N) is 1. The van der Waals surface area contributed by atoms with Crippen LogP contribution < -0.4 is 10.1 Å².